The van der Waals surface area contributed by atoms with Gasteiger partial charge in [0, 0.05) is 24.5 Å². The maximum Gasteiger partial charge on any atom is 0.227 e. The van der Waals surface area contributed by atoms with Crippen LogP contribution in [0.1, 0.15) is 19.3 Å². The van der Waals surface area contributed by atoms with Crippen molar-refractivity contribution in [2.24, 2.45) is 17.6 Å². The number of aromatic nitrogens is 3. The topological polar surface area (TPSA) is 85.8 Å². The number of anilines is 1. The number of pyridine rings is 1. The van der Waals surface area contributed by atoms with Crippen LogP contribution in [0.5, 0.6) is 0 Å². The van der Waals surface area contributed by atoms with Gasteiger partial charge < -0.3 is 11.1 Å². The number of hydrogen-bond acceptors (Lipinski definition) is 4. The number of nitrogens with zero attached hydrogens (tertiary/aromatic N) is 3. The SMILES string of the molecule is Cl.Cl.NC[C@H]1CCC[C@H]1C(=O)Nc1cccnc1-n1cccn1. The number of carbonyl (C=O) groups is 1. The van der Waals surface area contributed by atoms with Crippen LogP contribution in [0.25, 0.3) is 5.82 Å². The van der Waals surface area contributed by atoms with E-state index in [0.29, 0.717) is 18.1 Å². The summed E-state index contributed by atoms with van der Waals surface area (Å²) < 4.78 is 1.64. The number of carbonyl (C=O) groups excluding carboxylic acids is 1. The summed E-state index contributed by atoms with van der Waals surface area (Å²) in [4.78, 5) is 16.8. The van der Waals surface area contributed by atoms with Crippen molar-refractivity contribution in [3.8, 4) is 5.82 Å². The lowest BCUT2D eigenvalue weighted by atomic mass is 9.95. The highest BCUT2D eigenvalue weighted by Crippen LogP contribution is 2.32. The first-order valence-corrected chi connectivity index (χ1v) is 7.25. The Labute approximate surface area is 147 Å². The van der Waals surface area contributed by atoms with Gasteiger partial charge in [0.05, 0.1) is 5.69 Å². The van der Waals surface area contributed by atoms with Gasteiger partial charge in [0.2, 0.25) is 5.91 Å². The van der Waals surface area contributed by atoms with Gasteiger partial charge in [-0.3, -0.25) is 4.79 Å². The molecule has 0 saturated heterocycles. The van der Waals surface area contributed by atoms with E-state index in [2.05, 4.69) is 15.4 Å². The summed E-state index contributed by atoms with van der Waals surface area (Å²) in [6.45, 7) is 0.567. The van der Waals surface area contributed by atoms with Crippen LogP contribution in [0.2, 0.25) is 0 Å². The molecule has 2 heterocycles. The van der Waals surface area contributed by atoms with Crippen molar-refractivity contribution in [1.29, 1.82) is 0 Å². The first-order chi connectivity index (χ1) is 10.3. The standard InChI is InChI=1S/C15H19N5O.2ClH/c16-10-11-4-1-5-12(11)15(21)19-13-6-2-7-17-14(13)20-9-3-8-18-20;;/h2-3,6-9,11-12H,1,4-5,10,16H2,(H,19,21);2*1H/t11-,12-;;/m1../s1. The Morgan fingerprint density at radius 2 is 2.13 bits per heavy atom. The number of nitrogens with two attached hydrogens (primary N) is 1. The molecule has 23 heavy (non-hydrogen) atoms. The molecule has 0 aromatic carbocycles. The quantitative estimate of drug-likeness (QED) is 0.879. The first kappa shape index (κ1) is 19.4. The number of amides is 1. The Balaban J connectivity index is 0.00000132. The summed E-state index contributed by atoms with van der Waals surface area (Å²) in [5, 5.41) is 7.15. The van der Waals surface area contributed by atoms with Crippen molar-refractivity contribution in [3.05, 3.63) is 36.8 Å². The van der Waals surface area contributed by atoms with Crippen molar-refractivity contribution in [2.45, 2.75) is 19.3 Å². The first-order valence-electron chi connectivity index (χ1n) is 7.25. The lowest BCUT2D eigenvalue weighted by Gasteiger charge is -2.18. The predicted molar refractivity (Wildman–Crippen MR) is 94.4 cm³/mol. The minimum Gasteiger partial charge on any atom is -0.330 e. The summed E-state index contributed by atoms with van der Waals surface area (Å²) in [5.74, 6) is 0.943. The second-order valence-electron chi connectivity index (χ2n) is 5.35. The molecule has 8 heteroatoms. The minimum absolute atomic E-state index is 0. The lowest BCUT2D eigenvalue weighted by Crippen LogP contribution is -2.30. The molecule has 2 atom stereocenters. The third-order valence-electron chi connectivity index (χ3n) is 4.06. The molecule has 0 radical (unpaired) electrons. The van der Waals surface area contributed by atoms with Gasteiger partial charge in [-0.05, 0) is 43.5 Å². The van der Waals surface area contributed by atoms with Gasteiger partial charge in [-0.25, -0.2) is 9.67 Å². The van der Waals surface area contributed by atoms with Gasteiger partial charge in [-0.2, -0.15) is 5.10 Å². The van der Waals surface area contributed by atoms with E-state index in [0.717, 1.165) is 19.3 Å². The monoisotopic (exact) mass is 357 g/mol. The summed E-state index contributed by atoms with van der Waals surface area (Å²) in [7, 11) is 0. The molecular formula is C15H21Cl2N5O. The zero-order valence-corrected chi connectivity index (χ0v) is 14.2. The zero-order valence-electron chi connectivity index (χ0n) is 12.6. The molecule has 1 aliphatic rings. The van der Waals surface area contributed by atoms with Crippen LogP contribution in [0.3, 0.4) is 0 Å². The van der Waals surface area contributed by atoms with E-state index in [1.807, 2.05) is 12.1 Å². The fraction of sp³-hybridized carbons (Fsp3) is 0.400. The van der Waals surface area contributed by atoms with E-state index < -0.39 is 0 Å². The van der Waals surface area contributed by atoms with Crippen LogP contribution in [-0.2, 0) is 4.79 Å². The number of rotatable bonds is 4. The Bertz CT molecular complexity index is 620. The molecule has 2 aromatic heterocycles. The molecule has 0 aliphatic heterocycles. The fourth-order valence-electron chi connectivity index (χ4n) is 2.96. The number of nitrogens with one attached hydrogen (secondary N) is 1. The molecule has 0 unspecified atom stereocenters. The normalized spacial score (nSPS) is 19.5. The molecule has 2 aromatic rings. The van der Waals surface area contributed by atoms with Crippen LogP contribution in [0.15, 0.2) is 36.8 Å². The highest BCUT2D eigenvalue weighted by molar-refractivity contribution is 5.94. The highest BCUT2D eigenvalue weighted by atomic mass is 35.5. The van der Waals surface area contributed by atoms with Gasteiger partial charge in [0.15, 0.2) is 5.82 Å². The van der Waals surface area contributed by atoms with E-state index in [-0.39, 0.29) is 42.6 Å². The van der Waals surface area contributed by atoms with Gasteiger partial charge in [0.1, 0.15) is 0 Å². The second kappa shape index (κ2) is 8.86. The molecule has 3 rings (SSSR count). The van der Waals surface area contributed by atoms with E-state index in [1.54, 1.807) is 29.3 Å². The summed E-state index contributed by atoms with van der Waals surface area (Å²) in [5.41, 5.74) is 6.43. The molecule has 126 valence electrons. The lowest BCUT2D eigenvalue weighted by molar-refractivity contribution is -0.120. The Hall–Kier alpha value is -1.63. The fourth-order valence-corrected chi connectivity index (χ4v) is 2.96. The molecule has 3 N–H and O–H groups in total. The molecule has 0 bridgehead atoms. The van der Waals surface area contributed by atoms with Gasteiger partial charge >= 0.3 is 0 Å². The van der Waals surface area contributed by atoms with Gasteiger partial charge in [0.25, 0.3) is 0 Å². The summed E-state index contributed by atoms with van der Waals surface area (Å²) >= 11 is 0. The molecule has 1 aliphatic carbocycles. The smallest absolute Gasteiger partial charge is 0.227 e. The highest BCUT2D eigenvalue weighted by Gasteiger charge is 2.32. The Morgan fingerprint density at radius 3 is 2.83 bits per heavy atom. The number of hydrogen-bond donors (Lipinski definition) is 2. The second-order valence-corrected chi connectivity index (χ2v) is 5.35. The Morgan fingerprint density at radius 1 is 1.30 bits per heavy atom. The van der Waals surface area contributed by atoms with Crippen LogP contribution in [0, 0.1) is 11.8 Å². The van der Waals surface area contributed by atoms with Crippen molar-refractivity contribution in [1.82, 2.24) is 14.8 Å². The van der Waals surface area contributed by atoms with Gasteiger partial charge in [-0.15, -0.1) is 24.8 Å². The van der Waals surface area contributed by atoms with E-state index in [4.69, 9.17) is 5.73 Å². The maximum absolute atomic E-state index is 12.5. The van der Waals surface area contributed by atoms with Crippen molar-refractivity contribution in [2.75, 3.05) is 11.9 Å². The van der Waals surface area contributed by atoms with Crippen LogP contribution in [0.4, 0.5) is 5.69 Å². The molecule has 1 saturated carbocycles. The molecule has 1 fully saturated rings. The largest absolute Gasteiger partial charge is 0.330 e. The average molecular weight is 358 g/mol. The van der Waals surface area contributed by atoms with Crippen molar-refractivity contribution >= 4 is 36.4 Å². The van der Waals surface area contributed by atoms with Crippen LogP contribution >= 0.6 is 24.8 Å². The average Bonchev–Trinajstić information content (AvgIpc) is 3.19. The maximum atomic E-state index is 12.5. The summed E-state index contributed by atoms with van der Waals surface area (Å²) in [6, 6.07) is 5.47. The zero-order chi connectivity index (χ0) is 14.7. The van der Waals surface area contributed by atoms with E-state index >= 15 is 0 Å². The van der Waals surface area contributed by atoms with Crippen molar-refractivity contribution in [3.63, 3.8) is 0 Å². The van der Waals surface area contributed by atoms with E-state index in [1.165, 1.54) is 0 Å². The minimum atomic E-state index is 0. The van der Waals surface area contributed by atoms with Crippen LogP contribution < -0.4 is 11.1 Å². The third kappa shape index (κ3) is 4.22. The molecule has 1 amide bonds. The Kier molecular flexibility index (Phi) is 7.48. The molecular weight excluding hydrogens is 337 g/mol. The van der Waals surface area contributed by atoms with Crippen molar-refractivity contribution < 1.29 is 4.79 Å². The van der Waals surface area contributed by atoms with Crippen LogP contribution in [-0.4, -0.2) is 27.2 Å². The number of halogens is 2. The molecule has 6 nitrogen and oxygen atoms in total. The van der Waals surface area contributed by atoms with E-state index in [9.17, 15) is 4.79 Å². The summed E-state index contributed by atoms with van der Waals surface area (Å²) in [6.07, 6.45) is 8.18. The third-order valence-corrected chi connectivity index (χ3v) is 4.06. The molecule has 0 spiro atoms. The van der Waals surface area contributed by atoms with Gasteiger partial charge in [-0.1, -0.05) is 6.42 Å². The predicted octanol–water partition coefficient (Wildman–Crippen LogP) is 2.42.